The third-order valence-electron chi connectivity index (χ3n) is 4.19. The highest BCUT2D eigenvalue weighted by Crippen LogP contribution is 2.28. The van der Waals surface area contributed by atoms with Gasteiger partial charge in [0.05, 0.1) is 7.11 Å². The number of amides is 1. The molecule has 1 saturated carbocycles. The largest absolute Gasteiger partial charge is 0.493 e. The molecule has 1 aliphatic carbocycles. The standard InChI is InChI=1S/C17H23NO4/c1-18(14-6-4-3-5-7-14)17(20)12-22-16-10-13(11-19)8-9-15(16)21-2/h8-11,14H,3-7,12H2,1-2H3. The van der Waals surface area contributed by atoms with Gasteiger partial charge in [-0.3, -0.25) is 9.59 Å². The molecule has 5 nitrogen and oxygen atoms in total. The Morgan fingerprint density at radius 2 is 2.00 bits per heavy atom. The van der Waals surface area contributed by atoms with E-state index in [9.17, 15) is 9.59 Å². The number of rotatable bonds is 6. The molecule has 0 bridgehead atoms. The summed E-state index contributed by atoms with van der Waals surface area (Å²) < 4.78 is 10.8. The van der Waals surface area contributed by atoms with E-state index >= 15 is 0 Å². The third-order valence-corrected chi connectivity index (χ3v) is 4.19. The first-order valence-electron chi connectivity index (χ1n) is 7.67. The molecule has 0 unspecified atom stereocenters. The summed E-state index contributed by atoms with van der Waals surface area (Å²) in [4.78, 5) is 24.9. The van der Waals surface area contributed by atoms with Gasteiger partial charge in [-0.05, 0) is 31.0 Å². The van der Waals surface area contributed by atoms with Crippen molar-refractivity contribution in [3.63, 3.8) is 0 Å². The Bertz CT molecular complexity index is 523. The Morgan fingerprint density at radius 1 is 1.27 bits per heavy atom. The van der Waals surface area contributed by atoms with E-state index in [4.69, 9.17) is 9.47 Å². The summed E-state index contributed by atoms with van der Waals surface area (Å²) in [6.07, 6.45) is 6.47. The zero-order chi connectivity index (χ0) is 15.9. The summed E-state index contributed by atoms with van der Waals surface area (Å²) >= 11 is 0. The summed E-state index contributed by atoms with van der Waals surface area (Å²) in [5.41, 5.74) is 0.490. The molecule has 1 fully saturated rings. The lowest BCUT2D eigenvalue weighted by Crippen LogP contribution is -2.40. The second-order valence-corrected chi connectivity index (χ2v) is 5.61. The number of hydrogen-bond acceptors (Lipinski definition) is 4. The van der Waals surface area contributed by atoms with Crippen molar-refractivity contribution in [3.8, 4) is 11.5 Å². The van der Waals surface area contributed by atoms with Gasteiger partial charge in [0, 0.05) is 18.7 Å². The molecule has 0 atom stereocenters. The Balaban J connectivity index is 1.96. The van der Waals surface area contributed by atoms with Gasteiger partial charge in [-0.25, -0.2) is 0 Å². The van der Waals surface area contributed by atoms with E-state index in [-0.39, 0.29) is 12.5 Å². The quantitative estimate of drug-likeness (QED) is 0.758. The number of likely N-dealkylation sites (N-methyl/N-ethyl adjacent to an activating group) is 1. The highest BCUT2D eigenvalue weighted by Gasteiger charge is 2.22. The zero-order valence-corrected chi connectivity index (χ0v) is 13.2. The molecule has 0 aliphatic heterocycles. The maximum atomic E-state index is 12.3. The molecule has 0 saturated heterocycles. The van der Waals surface area contributed by atoms with Crippen molar-refractivity contribution in [2.75, 3.05) is 20.8 Å². The minimum atomic E-state index is -0.0505. The number of benzene rings is 1. The summed E-state index contributed by atoms with van der Waals surface area (Å²) in [6.45, 7) is -0.0499. The molecule has 120 valence electrons. The molecular formula is C17H23NO4. The first-order valence-corrected chi connectivity index (χ1v) is 7.67. The van der Waals surface area contributed by atoms with Crippen LogP contribution in [0, 0.1) is 0 Å². The van der Waals surface area contributed by atoms with E-state index in [2.05, 4.69) is 0 Å². The van der Waals surface area contributed by atoms with Crippen molar-refractivity contribution >= 4 is 12.2 Å². The van der Waals surface area contributed by atoms with E-state index in [0.717, 1.165) is 19.1 Å². The number of hydrogen-bond donors (Lipinski definition) is 0. The van der Waals surface area contributed by atoms with Crippen LogP contribution in [-0.2, 0) is 4.79 Å². The number of nitrogens with zero attached hydrogens (tertiary/aromatic N) is 1. The molecular weight excluding hydrogens is 282 g/mol. The fraction of sp³-hybridized carbons (Fsp3) is 0.529. The van der Waals surface area contributed by atoms with Crippen molar-refractivity contribution in [1.29, 1.82) is 0 Å². The Labute approximate surface area is 131 Å². The molecule has 0 radical (unpaired) electrons. The van der Waals surface area contributed by atoms with Crippen LogP contribution in [0.1, 0.15) is 42.5 Å². The van der Waals surface area contributed by atoms with Crippen LogP contribution >= 0.6 is 0 Å². The molecule has 5 heteroatoms. The molecule has 1 aromatic carbocycles. The molecule has 0 heterocycles. The highest BCUT2D eigenvalue weighted by atomic mass is 16.5. The van der Waals surface area contributed by atoms with Gasteiger partial charge in [0.2, 0.25) is 0 Å². The number of carbonyl (C=O) groups is 2. The number of carbonyl (C=O) groups excluding carboxylic acids is 2. The lowest BCUT2D eigenvalue weighted by atomic mass is 9.94. The van der Waals surface area contributed by atoms with Crippen molar-refractivity contribution in [1.82, 2.24) is 4.90 Å². The van der Waals surface area contributed by atoms with E-state index in [1.807, 2.05) is 7.05 Å². The fourth-order valence-corrected chi connectivity index (χ4v) is 2.79. The summed E-state index contributed by atoms with van der Waals surface area (Å²) in [7, 11) is 3.36. The Hall–Kier alpha value is -2.04. The van der Waals surface area contributed by atoms with Crippen molar-refractivity contribution in [2.45, 2.75) is 38.1 Å². The van der Waals surface area contributed by atoms with E-state index in [0.29, 0.717) is 23.1 Å². The van der Waals surface area contributed by atoms with Crippen molar-refractivity contribution in [3.05, 3.63) is 23.8 Å². The van der Waals surface area contributed by atoms with Gasteiger partial charge in [-0.1, -0.05) is 19.3 Å². The molecule has 0 spiro atoms. The lowest BCUT2D eigenvalue weighted by molar-refractivity contribution is -0.134. The van der Waals surface area contributed by atoms with Crippen LogP contribution < -0.4 is 9.47 Å². The summed E-state index contributed by atoms with van der Waals surface area (Å²) in [5, 5.41) is 0. The van der Waals surface area contributed by atoms with E-state index < -0.39 is 0 Å². The molecule has 22 heavy (non-hydrogen) atoms. The predicted octanol–water partition coefficient (Wildman–Crippen LogP) is 2.68. The van der Waals surface area contributed by atoms with Gasteiger partial charge in [0.1, 0.15) is 6.29 Å². The topological polar surface area (TPSA) is 55.8 Å². The smallest absolute Gasteiger partial charge is 0.260 e. The van der Waals surface area contributed by atoms with Crippen LogP contribution in [0.3, 0.4) is 0 Å². The van der Waals surface area contributed by atoms with Crippen LogP contribution in [0.4, 0.5) is 0 Å². The van der Waals surface area contributed by atoms with Gasteiger partial charge in [0.15, 0.2) is 18.1 Å². The van der Waals surface area contributed by atoms with E-state index in [1.54, 1.807) is 23.1 Å². The van der Waals surface area contributed by atoms with Crippen LogP contribution in [0.25, 0.3) is 0 Å². The predicted molar refractivity (Wildman–Crippen MR) is 83.5 cm³/mol. The zero-order valence-electron chi connectivity index (χ0n) is 13.2. The maximum absolute atomic E-state index is 12.3. The van der Waals surface area contributed by atoms with Crippen LogP contribution in [0.5, 0.6) is 11.5 Å². The normalized spacial score (nSPS) is 15.2. The number of ether oxygens (including phenoxy) is 2. The average Bonchev–Trinajstić information content (AvgIpc) is 2.59. The van der Waals surface area contributed by atoms with Crippen molar-refractivity contribution < 1.29 is 19.1 Å². The van der Waals surface area contributed by atoms with E-state index in [1.165, 1.54) is 26.4 Å². The second kappa shape index (κ2) is 7.82. The third kappa shape index (κ3) is 4.00. The van der Waals surface area contributed by atoms with Gasteiger partial charge < -0.3 is 14.4 Å². The molecule has 0 N–H and O–H groups in total. The number of methoxy groups -OCH3 is 1. The van der Waals surface area contributed by atoms with Gasteiger partial charge in [-0.2, -0.15) is 0 Å². The van der Waals surface area contributed by atoms with Gasteiger partial charge >= 0.3 is 0 Å². The molecule has 1 amide bonds. The lowest BCUT2D eigenvalue weighted by Gasteiger charge is -2.31. The molecule has 1 aromatic rings. The summed E-state index contributed by atoms with van der Waals surface area (Å²) in [5.74, 6) is 0.877. The molecule has 2 rings (SSSR count). The Kier molecular flexibility index (Phi) is 5.81. The average molecular weight is 305 g/mol. The van der Waals surface area contributed by atoms with Gasteiger partial charge in [0.25, 0.3) is 5.91 Å². The second-order valence-electron chi connectivity index (χ2n) is 5.61. The maximum Gasteiger partial charge on any atom is 0.260 e. The van der Waals surface area contributed by atoms with Gasteiger partial charge in [-0.15, -0.1) is 0 Å². The van der Waals surface area contributed by atoms with Crippen LogP contribution in [0.15, 0.2) is 18.2 Å². The highest BCUT2D eigenvalue weighted by molar-refractivity contribution is 5.79. The minimum absolute atomic E-state index is 0.0499. The monoisotopic (exact) mass is 305 g/mol. The van der Waals surface area contributed by atoms with Crippen LogP contribution in [0.2, 0.25) is 0 Å². The van der Waals surface area contributed by atoms with Crippen molar-refractivity contribution in [2.24, 2.45) is 0 Å². The molecule has 1 aliphatic rings. The Morgan fingerprint density at radius 3 is 2.64 bits per heavy atom. The molecule has 0 aromatic heterocycles. The first-order chi connectivity index (χ1) is 10.7. The first kappa shape index (κ1) is 16.3. The minimum Gasteiger partial charge on any atom is -0.493 e. The number of aldehydes is 1. The fourth-order valence-electron chi connectivity index (χ4n) is 2.79. The summed E-state index contributed by atoms with van der Waals surface area (Å²) in [6, 6.07) is 5.20. The van der Waals surface area contributed by atoms with Crippen LogP contribution in [-0.4, -0.2) is 43.9 Å². The SMILES string of the molecule is COc1ccc(C=O)cc1OCC(=O)N(C)C1CCCCC1.